The average Bonchev–Trinajstić information content (AvgIpc) is 2.81. The molecule has 1 unspecified atom stereocenters. The van der Waals surface area contributed by atoms with Gasteiger partial charge < -0.3 is 5.11 Å². The molecule has 1 fully saturated rings. The van der Waals surface area contributed by atoms with Crippen molar-refractivity contribution in [2.45, 2.75) is 37.0 Å². The van der Waals surface area contributed by atoms with Crippen molar-refractivity contribution in [1.29, 1.82) is 0 Å². The highest BCUT2D eigenvalue weighted by atomic mass is 35.5. The van der Waals surface area contributed by atoms with Crippen molar-refractivity contribution < 1.29 is 9.90 Å². The molecule has 2 rings (SSSR count). The van der Waals surface area contributed by atoms with E-state index in [0.717, 1.165) is 5.56 Å². The Morgan fingerprint density at radius 3 is 2.53 bits per heavy atom. The maximum Gasteiger partial charge on any atom is 0.326 e. The Kier molecular flexibility index (Phi) is 3.95. The first-order chi connectivity index (χ1) is 8.09. The van der Waals surface area contributed by atoms with Gasteiger partial charge in [-0.15, -0.1) is 11.6 Å². The molecule has 0 bridgehead atoms. The van der Waals surface area contributed by atoms with E-state index >= 15 is 0 Å². The van der Waals surface area contributed by atoms with Crippen molar-refractivity contribution in [3.63, 3.8) is 0 Å². The lowest BCUT2D eigenvalue weighted by molar-refractivity contribution is -0.136. The number of carboxylic acid groups (broad SMARTS) is 1. The summed E-state index contributed by atoms with van der Waals surface area (Å²) in [5, 5.41) is 8.45. The van der Waals surface area contributed by atoms with Crippen LogP contribution >= 0.6 is 23.2 Å². The van der Waals surface area contributed by atoms with E-state index in [0.29, 0.717) is 16.5 Å². The Morgan fingerprint density at radius 2 is 2.00 bits per heavy atom. The average molecular weight is 273 g/mol. The van der Waals surface area contributed by atoms with Crippen molar-refractivity contribution in [3.05, 3.63) is 34.3 Å². The van der Waals surface area contributed by atoms with Gasteiger partial charge in [-0.1, -0.05) is 36.6 Å². The molecule has 0 heterocycles. The summed E-state index contributed by atoms with van der Waals surface area (Å²) < 4.78 is 0. The molecule has 1 aliphatic carbocycles. The van der Waals surface area contributed by atoms with Gasteiger partial charge in [-0.3, -0.25) is 4.79 Å². The molecule has 4 heteroatoms. The van der Waals surface area contributed by atoms with E-state index in [1.54, 1.807) is 12.1 Å². The number of carboxylic acids is 1. The standard InChI is InChI=1S/C13H14Cl2O2/c14-11-7-9(12(15)13(16)17)5-6-10(11)8-3-1-2-4-8/h5-8,12H,1-4H2,(H,16,17). The zero-order valence-electron chi connectivity index (χ0n) is 9.33. The second-order valence-corrected chi connectivity index (χ2v) is 5.31. The highest BCUT2D eigenvalue weighted by Crippen LogP contribution is 2.38. The summed E-state index contributed by atoms with van der Waals surface area (Å²) in [5.41, 5.74) is 1.67. The lowest BCUT2D eigenvalue weighted by atomic mass is 9.96. The summed E-state index contributed by atoms with van der Waals surface area (Å²) in [7, 11) is 0. The second kappa shape index (κ2) is 5.28. The minimum Gasteiger partial charge on any atom is -0.480 e. The monoisotopic (exact) mass is 272 g/mol. The maximum absolute atomic E-state index is 10.8. The van der Waals surface area contributed by atoms with E-state index in [1.807, 2.05) is 6.07 Å². The smallest absolute Gasteiger partial charge is 0.326 e. The van der Waals surface area contributed by atoms with Gasteiger partial charge >= 0.3 is 5.97 Å². The molecular formula is C13H14Cl2O2. The number of hydrogen-bond donors (Lipinski definition) is 1. The van der Waals surface area contributed by atoms with Gasteiger partial charge in [0.05, 0.1) is 0 Å². The Bertz CT molecular complexity index is 425. The molecule has 1 aliphatic rings. The molecular weight excluding hydrogens is 259 g/mol. The van der Waals surface area contributed by atoms with Crippen LogP contribution in [0.25, 0.3) is 0 Å². The first-order valence-electron chi connectivity index (χ1n) is 5.76. The van der Waals surface area contributed by atoms with Gasteiger partial charge in [0, 0.05) is 5.02 Å². The molecule has 0 saturated heterocycles. The number of aliphatic carboxylic acids is 1. The fourth-order valence-electron chi connectivity index (χ4n) is 2.41. The molecule has 92 valence electrons. The van der Waals surface area contributed by atoms with Gasteiger partial charge in [0.2, 0.25) is 0 Å². The van der Waals surface area contributed by atoms with E-state index in [4.69, 9.17) is 28.3 Å². The van der Waals surface area contributed by atoms with Crippen LogP contribution in [-0.2, 0) is 4.79 Å². The number of benzene rings is 1. The molecule has 0 aromatic heterocycles. The second-order valence-electron chi connectivity index (χ2n) is 4.46. The van der Waals surface area contributed by atoms with Crippen LogP contribution in [0.3, 0.4) is 0 Å². The van der Waals surface area contributed by atoms with E-state index in [1.165, 1.54) is 25.7 Å². The Morgan fingerprint density at radius 1 is 1.35 bits per heavy atom. The highest BCUT2D eigenvalue weighted by Gasteiger charge is 2.22. The lowest BCUT2D eigenvalue weighted by Crippen LogP contribution is -2.05. The van der Waals surface area contributed by atoms with E-state index in [2.05, 4.69) is 0 Å². The predicted octanol–water partition coefficient (Wildman–Crippen LogP) is 4.36. The molecule has 17 heavy (non-hydrogen) atoms. The molecule has 0 aliphatic heterocycles. The summed E-state index contributed by atoms with van der Waals surface area (Å²) >= 11 is 12.0. The van der Waals surface area contributed by atoms with Gasteiger partial charge in [-0.2, -0.15) is 0 Å². The zero-order chi connectivity index (χ0) is 12.4. The Balaban J connectivity index is 2.25. The fourth-order valence-corrected chi connectivity index (χ4v) is 2.89. The first kappa shape index (κ1) is 12.7. The zero-order valence-corrected chi connectivity index (χ0v) is 10.8. The van der Waals surface area contributed by atoms with Crippen molar-refractivity contribution in [3.8, 4) is 0 Å². The first-order valence-corrected chi connectivity index (χ1v) is 6.57. The Hall–Kier alpha value is -0.730. The normalized spacial score (nSPS) is 18.2. The molecule has 1 N–H and O–H groups in total. The topological polar surface area (TPSA) is 37.3 Å². The Labute approximate surface area is 111 Å². The van der Waals surface area contributed by atoms with Gasteiger partial charge in [0.15, 0.2) is 5.38 Å². The van der Waals surface area contributed by atoms with Crippen molar-refractivity contribution in [2.75, 3.05) is 0 Å². The fraction of sp³-hybridized carbons (Fsp3) is 0.462. The molecule has 0 spiro atoms. The van der Waals surface area contributed by atoms with Crippen LogP contribution in [0.15, 0.2) is 18.2 Å². The van der Waals surface area contributed by atoms with Crippen LogP contribution in [0.1, 0.15) is 48.1 Å². The van der Waals surface area contributed by atoms with E-state index < -0.39 is 11.3 Å². The van der Waals surface area contributed by atoms with E-state index in [9.17, 15) is 4.79 Å². The van der Waals surface area contributed by atoms with Gasteiger partial charge in [-0.25, -0.2) is 0 Å². The number of halogens is 2. The van der Waals surface area contributed by atoms with Crippen molar-refractivity contribution >= 4 is 29.2 Å². The lowest BCUT2D eigenvalue weighted by Gasteiger charge is -2.13. The van der Waals surface area contributed by atoms with Crippen molar-refractivity contribution in [2.24, 2.45) is 0 Å². The number of alkyl halides is 1. The predicted molar refractivity (Wildman–Crippen MR) is 68.9 cm³/mol. The molecule has 2 nitrogen and oxygen atoms in total. The van der Waals surface area contributed by atoms with Gasteiger partial charge in [-0.05, 0) is 36.0 Å². The number of hydrogen-bond acceptors (Lipinski definition) is 1. The summed E-state index contributed by atoms with van der Waals surface area (Å²) in [6.07, 6.45) is 4.83. The summed E-state index contributed by atoms with van der Waals surface area (Å²) in [4.78, 5) is 10.8. The van der Waals surface area contributed by atoms with Crippen LogP contribution in [0.4, 0.5) is 0 Å². The third kappa shape index (κ3) is 2.75. The molecule has 1 atom stereocenters. The quantitative estimate of drug-likeness (QED) is 0.830. The van der Waals surface area contributed by atoms with Crippen LogP contribution in [-0.4, -0.2) is 11.1 Å². The summed E-state index contributed by atoms with van der Waals surface area (Å²) in [5.74, 6) is -0.522. The minimum absolute atomic E-state index is 0.523. The van der Waals surface area contributed by atoms with Crippen LogP contribution in [0, 0.1) is 0 Å². The largest absolute Gasteiger partial charge is 0.480 e. The number of rotatable bonds is 3. The molecule has 0 radical (unpaired) electrons. The van der Waals surface area contributed by atoms with Crippen LogP contribution in [0.2, 0.25) is 5.02 Å². The van der Waals surface area contributed by atoms with E-state index in [-0.39, 0.29) is 0 Å². The highest BCUT2D eigenvalue weighted by molar-refractivity contribution is 6.32. The molecule has 0 amide bonds. The van der Waals surface area contributed by atoms with Crippen LogP contribution in [0.5, 0.6) is 0 Å². The van der Waals surface area contributed by atoms with Gasteiger partial charge in [0.25, 0.3) is 0 Å². The third-order valence-electron chi connectivity index (χ3n) is 3.33. The van der Waals surface area contributed by atoms with Crippen molar-refractivity contribution in [1.82, 2.24) is 0 Å². The molecule has 1 aromatic rings. The number of carbonyl (C=O) groups is 1. The summed E-state index contributed by atoms with van der Waals surface area (Å²) in [6, 6.07) is 5.37. The summed E-state index contributed by atoms with van der Waals surface area (Å²) in [6.45, 7) is 0. The SMILES string of the molecule is O=C(O)C(Cl)c1ccc(C2CCCC2)c(Cl)c1. The minimum atomic E-state index is -1.05. The van der Waals surface area contributed by atoms with Crippen LogP contribution < -0.4 is 0 Å². The molecule has 1 saturated carbocycles. The maximum atomic E-state index is 10.8. The third-order valence-corrected chi connectivity index (χ3v) is 4.09. The van der Waals surface area contributed by atoms with Gasteiger partial charge in [0.1, 0.15) is 0 Å². The molecule has 1 aromatic carbocycles.